The van der Waals surface area contributed by atoms with Crippen molar-refractivity contribution in [1.29, 1.82) is 0 Å². The van der Waals surface area contributed by atoms with Crippen molar-refractivity contribution >= 4 is 11.6 Å². The third-order valence-electron chi connectivity index (χ3n) is 2.24. The number of nitrogens with zero attached hydrogens (tertiary/aromatic N) is 2. The average molecular weight is 249 g/mol. The number of hydrogen-bond donors (Lipinski definition) is 0. The Kier molecular flexibility index (Phi) is 4.33. The fourth-order valence-electron chi connectivity index (χ4n) is 1.45. The predicted molar refractivity (Wildman–Crippen MR) is 67.3 cm³/mol. The lowest BCUT2D eigenvalue weighted by Crippen LogP contribution is -2.01. The molecule has 0 bridgehead atoms. The summed E-state index contributed by atoms with van der Waals surface area (Å²) in [7, 11) is 0. The van der Waals surface area contributed by atoms with Crippen LogP contribution in [0.1, 0.15) is 12.1 Å². The molecule has 2 aromatic heterocycles. The van der Waals surface area contributed by atoms with Gasteiger partial charge in [-0.05, 0) is 31.0 Å². The quantitative estimate of drug-likeness (QED) is 0.602. The van der Waals surface area contributed by atoms with E-state index in [1.54, 1.807) is 18.3 Å². The number of halogens is 1. The van der Waals surface area contributed by atoms with Gasteiger partial charge in [0.15, 0.2) is 0 Å². The highest BCUT2D eigenvalue weighted by Gasteiger charge is 1.97. The summed E-state index contributed by atoms with van der Waals surface area (Å²) in [4.78, 5) is 8.29. The zero-order valence-electron chi connectivity index (χ0n) is 9.34. The van der Waals surface area contributed by atoms with Crippen LogP contribution in [0.5, 0.6) is 5.88 Å². The van der Waals surface area contributed by atoms with E-state index in [9.17, 15) is 0 Å². The molecule has 0 amide bonds. The first-order chi connectivity index (χ1) is 8.34. The maximum Gasteiger partial charge on any atom is 0.214 e. The molecule has 88 valence electrons. The number of ether oxygens (including phenoxy) is 1. The molecule has 2 rings (SSSR count). The van der Waals surface area contributed by atoms with E-state index in [2.05, 4.69) is 9.97 Å². The molecule has 0 aliphatic rings. The van der Waals surface area contributed by atoms with Crippen molar-refractivity contribution in [1.82, 2.24) is 9.97 Å². The lowest BCUT2D eigenvalue weighted by Gasteiger charge is -2.04. The van der Waals surface area contributed by atoms with E-state index < -0.39 is 0 Å². The second kappa shape index (κ2) is 6.21. The SMILES string of the molecule is Clc1cccc(OCCCc2ccccn2)n1. The third kappa shape index (κ3) is 4.04. The first kappa shape index (κ1) is 11.9. The smallest absolute Gasteiger partial charge is 0.214 e. The summed E-state index contributed by atoms with van der Waals surface area (Å²) >= 11 is 5.75. The van der Waals surface area contributed by atoms with E-state index in [4.69, 9.17) is 16.3 Å². The molecular weight excluding hydrogens is 236 g/mol. The van der Waals surface area contributed by atoms with Crippen molar-refractivity contribution in [2.75, 3.05) is 6.61 Å². The van der Waals surface area contributed by atoms with Crippen LogP contribution in [-0.2, 0) is 6.42 Å². The number of aryl methyl sites for hydroxylation is 1. The van der Waals surface area contributed by atoms with Crippen molar-refractivity contribution in [2.24, 2.45) is 0 Å². The topological polar surface area (TPSA) is 35.0 Å². The van der Waals surface area contributed by atoms with Crippen molar-refractivity contribution < 1.29 is 4.74 Å². The van der Waals surface area contributed by atoms with Crippen molar-refractivity contribution in [3.63, 3.8) is 0 Å². The number of hydrogen-bond acceptors (Lipinski definition) is 3. The third-order valence-corrected chi connectivity index (χ3v) is 2.45. The maximum absolute atomic E-state index is 5.75. The van der Waals surface area contributed by atoms with E-state index in [1.165, 1.54) is 0 Å². The molecule has 0 aliphatic heterocycles. The summed E-state index contributed by atoms with van der Waals surface area (Å²) in [5.41, 5.74) is 1.08. The van der Waals surface area contributed by atoms with Crippen LogP contribution < -0.4 is 4.74 Å². The van der Waals surface area contributed by atoms with Gasteiger partial charge < -0.3 is 4.74 Å². The predicted octanol–water partition coefficient (Wildman–Crippen LogP) is 3.14. The Morgan fingerprint density at radius 1 is 1.12 bits per heavy atom. The largest absolute Gasteiger partial charge is 0.478 e. The molecule has 3 nitrogen and oxygen atoms in total. The Bertz CT molecular complexity index is 462. The molecular formula is C13H13ClN2O. The van der Waals surface area contributed by atoms with Gasteiger partial charge >= 0.3 is 0 Å². The molecule has 0 atom stereocenters. The minimum atomic E-state index is 0.451. The average Bonchev–Trinajstić information content (AvgIpc) is 2.36. The van der Waals surface area contributed by atoms with Crippen LogP contribution in [-0.4, -0.2) is 16.6 Å². The van der Waals surface area contributed by atoms with Crippen LogP contribution >= 0.6 is 11.6 Å². The fraction of sp³-hybridized carbons (Fsp3) is 0.231. The minimum Gasteiger partial charge on any atom is -0.478 e. The molecule has 0 N–H and O–H groups in total. The van der Waals surface area contributed by atoms with E-state index in [1.807, 2.05) is 24.3 Å². The normalized spacial score (nSPS) is 10.2. The summed E-state index contributed by atoms with van der Waals surface area (Å²) in [6.07, 6.45) is 3.61. The lowest BCUT2D eigenvalue weighted by atomic mass is 10.2. The molecule has 17 heavy (non-hydrogen) atoms. The van der Waals surface area contributed by atoms with E-state index in [0.717, 1.165) is 18.5 Å². The number of aromatic nitrogens is 2. The first-order valence-corrected chi connectivity index (χ1v) is 5.88. The van der Waals surface area contributed by atoms with Crippen LogP contribution in [0.4, 0.5) is 0 Å². The monoisotopic (exact) mass is 248 g/mol. The van der Waals surface area contributed by atoms with E-state index in [-0.39, 0.29) is 0 Å². The highest BCUT2D eigenvalue weighted by Crippen LogP contribution is 2.11. The highest BCUT2D eigenvalue weighted by atomic mass is 35.5. The Hall–Kier alpha value is -1.61. The first-order valence-electron chi connectivity index (χ1n) is 5.50. The Morgan fingerprint density at radius 2 is 2.06 bits per heavy atom. The molecule has 2 heterocycles. The second-order valence-electron chi connectivity index (χ2n) is 3.57. The van der Waals surface area contributed by atoms with Crippen LogP contribution in [0.2, 0.25) is 5.15 Å². The van der Waals surface area contributed by atoms with Crippen LogP contribution in [0.25, 0.3) is 0 Å². The van der Waals surface area contributed by atoms with Gasteiger partial charge in [0.1, 0.15) is 5.15 Å². The molecule has 2 aromatic rings. The maximum atomic E-state index is 5.75. The van der Waals surface area contributed by atoms with Gasteiger partial charge in [0.2, 0.25) is 5.88 Å². The lowest BCUT2D eigenvalue weighted by molar-refractivity contribution is 0.299. The van der Waals surface area contributed by atoms with Crippen molar-refractivity contribution in [2.45, 2.75) is 12.8 Å². The minimum absolute atomic E-state index is 0.451. The van der Waals surface area contributed by atoms with Gasteiger partial charge in [0, 0.05) is 18.0 Å². The van der Waals surface area contributed by atoms with Crippen molar-refractivity contribution in [3.8, 4) is 5.88 Å². The van der Waals surface area contributed by atoms with Gasteiger partial charge in [-0.1, -0.05) is 23.7 Å². The second-order valence-corrected chi connectivity index (χ2v) is 3.96. The molecule has 0 fully saturated rings. The van der Waals surface area contributed by atoms with Gasteiger partial charge in [0.05, 0.1) is 6.61 Å². The Balaban J connectivity index is 1.73. The zero-order valence-corrected chi connectivity index (χ0v) is 10.1. The summed E-state index contributed by atoms with van der Waals surface area (Å²) in [5.74, 6) is 0.568. The van der Waals surface area contributed by atoms with Gasteiger partial charge in [0.25, 0.3) is 0 Å². The van der Waals surface area contributed by atoms with Crippen LogP contribution in [0.15, 0.2) is 42.6 Å². The van der Waals surface area contributed by atoms with Crippen LogP contribution in [0, 0.1) is 0 Å². The summed E-state index contributed by atoms with van der Waals surface area (Å²) < 4.78 is 5.49. The van der Waals surface area contributed by atoms with E-state index >= 15 is 0 Å². The standard InChI is InChI=1S/C13H13ClN2O/c14-12-7-3-8-13(16-12)17-10-4-6-11-5-1-2-9-15-11/h1-3,5,7-9H,4,6,10H2. The Labute approximate surface area is 105 Å². The summed E-state index contributed by atoms with van der Waals surface area (Å²) in [5, 5.41) is 0.451. The molecule has 0 radical (unpaired) electrons. The zero-order chi connectivity index (χ0) is 11.9. The number of pyridine rings is 2. The highest BCUT2D eigenvalue weighted by molar-refractivity contribution is 6.29. The number of rotatable bonds is 5. The molecule has 4 heteroatoms. The summed E-state index contributed by atoms with van der Waals surface area (Å²) in [6, 6.07) is 11.3. The molecule has 0 aromatic carbocycles. The van der Waals surface area contributed by atoms with Gasteiger partial charge in [-0.3, -0.25) is 4.98 Å². The van der Waals surface area contributed by atoms with Gasteiger partial charge in [-0.2, -0.15) is 0 Å². The van der Waals surface area contributed by atoms with Gasteiger partial charge in [-0.15, -0.1) is 0 Å². The van der Waals surface area contributed by atoms with Crippen molar-refractivity contribution in [3.05, 3.63) is 53.4 Å². The summed E-state index contributed by atoms with van der Waals surface area (Å²) in [6.45, 7) is 0.615. The molecule has 0 saturated heterocycles. The molecule has 0 unspecified atom stereocenters. The molecule has 0 spiro atoms. The van der Waals surface area contributed by atoms with E-state index in [0.29, 0.717) is 17.6 Å². The van der Waals surface area contributed by atoms with Crippen LogP contribution in [0.3, 0.4) is 0 Å². The molecule has 0 saturated carbocycles. The Morgan fingerprint density at radius 3 is 2.82 bits per heavy atom. The molecule has 0 aliphatic carbocycles. The van der Waals surface area contributed by atoms with Gasteiger partial charge in [-0.25, -0.2) is 4.98 Å². The fourth-order valence-corrected chi connectivity index (χ4v) is 1.60.